The third-order valence-corrected chi connectivity index (χ3v) is 2.33. The van der Waals surface area contributed by atoms with Crippen LogP contribution in [0.3, 0.4) is 0 Å². The van der Waals surface area contributed by atoms with Crippen LogP contribution in [0.5, 0.6) is 0 Å². The van der Waals surface area contributed by atoms with E-state index < -0.39 is 0 Å². The zero-order valence-corrected chi connectivity index (χ0v) is 9.96. The molecule has 1 aromatic carbocycles. The molecule has 0 unspecified atom stereocenters. The van der Waals surface area contributed by atoms with Gasteiger partial charge in [0.1, 0.15) is 0 Å². The molecule has 1 aromatic rings. The summed E-state index contributed by atoms with van der Waals surface area (Å²) < 4.78 is 6.56. The molecule has 0 aliphatic heterocycles. The van der Waals surface area contributed by atoms with E-state index in [1.54, 1.807) is 0 Å². The molecule has 0 saturated carbocycles. The molecular weight excluding hydrogens is 240 g/mol. The van der Waals surface area contributed by atoms with Crippen molar-refractivity contribution >= 4 is 15.9 Å². The van der Waals surface area contributed by atoms with Gasteiger partial charge in [-0.2, -0.15) is 0 Å². The van der Waals surface area contributed by atoms with Gasteiger partial charge in [-0.1, -0.05) is 47.1 Å². The Morgan fingerprint density at radius 2 is 1.93 bits per heavy atom. The van der Waals surface area contributed by atoms with E-state index in [4.69, 9.17) is 4.74 Å². The number of benzene rings is 1. The standard InChI is InChI=1S/C12H15BrO/c1-2-3-4-9-14-10-11-5-7-12(13)8-6-11/h3-8H,2,9-10H2,1H3/b4-3-. The van der Waals surface area contributed by atoms with Crippen molar-refractivity contribution in [3.8, 4) is 0 Å². The van der Waals surface area contributed by atoms with Crippen LogP contribution in [0.1, 0.15) is 18.9 Å². The quantitative estimate of drug-likeness (QED) is 0.572. The summed E-state index contributed by atoms with van der Waals surface area (Å²) in [5, 5.41) is 0. The van der Waals surface area contributed by atoms with Gasteiger partial charge in [-0.25, -0.2) is 0 Å². The number of ether oxygens (including phenoxy) is 1. The summed E-state index contributed by atoms with van der Waals surface area (Å²) in [6, 6.07) is 8.18. The predicted molar refractivity (Wildman–Crippen MR) is 63.2 cm³/mol. The summed E-state index contributed by atoms with van der Waals surface area (Å²) in [7, 11) is 0. The first-order valence-electron chi connectivity index (χ1n) is 4.80. The lowest BCUT2D eigenvalue weighted by molar-refractivity contribution is 0.148. The molecule has 0 bridgehead atoms. The van der Waals surface area contributed by atoms with Crippen molar-refractivity contribution in [2.45, 2.75) is 20.0 Å². The summed E-state index contributed by atoms with van der Waals surface area (Å²) in [5.74, 6) is 0. The highest BCUT2D eigenvalue weighted by Gasteiger charge is 1.91. The fourth-order valence-corrected chi connectivity index (χ4v) is 1.32. The maximum atomic E-state index is 5.46. The first kappa shape index (κ1) is 11.5. The monoisotopic (exact) mass is 254 g/mol. The lowest BCUT2D eigenvalue weighted by atomic mass is 10.2. The Hall–Kier alpha value is -0.600. The van der Waals surface area contributed by atoms with Crippen molar-refractivity contribution in [1.82, 2.24) is 0 Å². The SMILES string of the molecule is CC/C=C\COCc1ccc(Br)cc1. The van der Waals surface area contributed by atoms with Crippen molar-refractivity contribution in [2.24, 2.45) is 0 Å². The molecule has 0 aliphatic carbocycles. The van der Waals surface area contributed by atoms with Gasteiger partial charge in [0.05, 0.1) is 13.2 Å². The number of halogens is 1. The molecule has 0 N–H and O–H groups in total. The lowest BCUT2D eigenvalue weighted by Gasteiger charge is -2.01. The Balaban J connectivity index is 2.25. The summed E-state index contributed by atoms with van der Waals surface area (Å²) in [6.45, 7) is 3.50. The van der Waals surface area contributed by atoms with E-state index in [-0.39, 0.29) is 0 Å². The van der Waals surface area contributed by atoms with Gasteiger partial charge in [0.25, 0.3) is 0 Å². The smallest absolute Gasteiger partial charge is 0.0721 e. The van der Waals surface area contributed by atoms with Crippen LogP contribution < -0.4 is 0 Å². The van der Waals surface area contributed by atoms with Crippen LogP contribution in [-0.4, -0.2) is 6.61 Å². The summed E-state index contributed by atoms with van der Waals surface area (Å²) in [6.07, 6.45) is 5.24. The normalized spacial score (nSPS) is 11.0. The highest BCUT2D eigenvalue weighted by molar-refractivity contribution is 9.10. The van der Waals surface area contributed by atoms with Gasteiger partial charge in [-0.3, -0.25) is 0 Å². The molecule has 76 valence electrons. The van der Waals surface area contributed by atoms with Crippen molar-refractivity contribution < 1.29 is 4.74 Å². The van der Waals surface area contributed by atoms with Gasteiger partial charge >= 0.3 is 0 Å². The van der Waals surface area contributed by atoms with Gasteiger partial charge in [0.2, 0.25) is 0 Å². The fraction of sp³-hybridized carbons (Fsp3) is 0.333. The van der Waals surface area contributed by atoms with Crippen LogP contribution in [0, 0.1) is 0 Å². The topological polar surface area (TPSA) is 9.23 Å². The third kappa shape index (κ3) is 4.58. The number of allylic oxidation sites excluding steroid dienone is 1. The van der Waals surface area contributed by atoms with E-state index in [9.17, 15) is 0 Å². The molecule has 0 atom stereocenters. The van der Waals surface area contributed by atoms with Crippen molar-refractivity contribution in [2.75, 3.05) is 6.61 Å². The molecule has 0 fully saturated rings. The summed E-state index contributed by atoms with van der Waals surface area (Å²) >= 11 is 3.40. The van der Waals surface area contributed by atoms with Crippen LogP contribution in [0.15, 0.2) is 40.9 Å². The molecule has 0 spiro atoms. The van der Waals surface area contributed by atoms with Gasteiger partial charge < -0.3 is 4.74 Å². The first-order valence-corrected chi connectivity index (χ1v) is 5.59. The number of hydrogen-bond acceptors (Lipinski definition) is 1. The zero-order valence-electron chi connectivity index (χ0n) is 8.37. The van der Waals surface area contributed by atoms with Gasteiger partial charge in [0.15, 0.2) is 0 Å². The average molecular weight is 255 g/mol. The molecule has 1 nitrogen and oxygen atoms in total. The Kier molecular flexibility index (Phi) is 5.57. The number of hydrogen-bond donors (Lipinski definition) is 0. The van der Waals surface area contributed by atoms with E-state index in [2.05, 4.69) is 47.1 Å². The van der Waals surface area contributed by atoms with Crippen LogP contribution in [0.2, 0.25) is 0 Å². The lowest BCUT2D eigenvalue weighted by Crippen LogP contribution is -1.92. The third-order valence-electron chi connectivity index (χ3n) is 1.80. The Labute approximate surface area is 93.9 Å². The van der Waals surface area contributed by atoms with Gasteiger partial charge in [-0.05, 0) is 24.1 Å². The van der Waals surface area contributed by atoms with E-state index in [1.807, 2.05) is 12.1 Å². The van der Waals surface area contributed by atoms with Crippen LogP contribution in [0.25, 0.3) is 0 Å². The van der Waals surface area contributed by atoms with Crippen LogP contribution >= 0.6 is 15.9 Å². The molecule has 0 radical (unpaired) electrons. The molecule has 0 saturated heterocycles. The number of rotatable bonds is 5. The second-order valence-electron chi connectivity index (χ2n) is 3.02. The van der Waals surface area contributed by atoms with Gasteiger partial charge in [-0.15, -0.1) is 0 Å². The molecule has 0 heterocycles. The van der Waals surface area contributed by atoms with E-state index >= 15 is 0 Å². The molecule has 14 heavy (non-hydrogen) atoms. The van der Waals surface area contributed by atoms with E-state index in [1.165, 1.54) is 5.56 Å². The summed E-state index contributed by atoms with van der Waals surface area (Å²) in [5.41, 5.74) is 1.21. The van der Waals surface area contributed by atoms with E-state index in [0.717, 1.165) is 10.9 Å². The average Bonchev–Trinajstić information content (AvgIpc) is 2.21. The molecule has 0 aliphatic rings. The zero-order chi connectivity index (χ0) is 10.2. The second kappa shape index (κ2) is 6.80. The molecule has 1 rings (SSSR count). The minimum Gasteiger partial charge on any atom is -0.373 e. The van der Waals surface area contributed by atoms with Crippen LogP contribution in [0.4, 0.5) is 0 Å². The minimum atomic E-state index is 0.682. The maximum absolute atomic E-state index is 5.46. The van der Waals surface area contributed by atoms with Crippen molar-refractivity contribution in [3.63, 3.8) is 0 Å². The highest BCUT2D eigenvalue weighted by Crippen LogP contribution is 2.10. The predicted octanol–water partition coefficient (Wildman–Crippen LogP) is 3.93. The Bertz CT molecular complexity index is 277. The largest absolute Gasteiger partial charge is 0.373 e. The maximum Gasteiger partial charge on any atom is 0.0721 e. The Morgan fingerprint density at radius 3 is 2.57 bits per heavy atom. The van der Waals surface area contributed by atoms with Crippen LogP contribution in [-0.2, 0) is 11.3 Å². The molecular formula is C12H15BrO. The molecule has 0 aromatic heterocycles. The molecule has 0 amide bonds. The van der Waals surface area contributed by atoms with Crippen molar-refractivity contribution in [1.29, 1.82) is 0 Å². The molecule has 2 heteroatoms. The highest BCUT2D eigenvalue weighted by atomic mass is 79.9. The Morgan fingerprint density at radius 1 is 1.21 bits per heavy atom. The first-order chi connectivity index (χ1) is 6.83. The van der Waals surface area contributed by atoms with E-state index in [0.29, 0.717) is 13.2 Å². The fourth-order valence-electron chi connectivity index (χ4n) is 1.06. The minimum absolute atomic E-state index is 0.682. The summed E-state index contributed by atoms with van der Waals surface area (Å²) in [4.78, 5) is 0. The van der Waals surface area contributed by atoms with Gasteiger partial charge in [0, 0.05) is 4.47 Å². The van der Waals surface area contributed by atoms with Crippen molar-refractivity contribution in [3.05, 3.63) is 46.5 Å². The second-order valence-corrected chi connectivity index (χ2v) is 3.94.